The molecule has 1 N–H and O–H groups in total. The van der Waals surface area contributed by atoms with Gasteiger partial charge in [0.15, 0.2) is 0 Å². The number of alkyl halides is 5. The Balaban J connectivity index is 0.00000242. The fourth-order valence-electron chi connectivity index (χ4n) is 5.68. The van der Waals surface area contributed by atoms with E-state index in [0.29, 0.717) is 52.2 Å². The Hall–Kier alpha value is -2.60. The molecule has 2 fully saturated rings. The molecule has 0 unspecified atom stereocenters. The number of nitrogens with one attached hydrogen (secondary N) is 1. The predicted molar refractivity (Wildman–Crippen MR) is 156 cm³/mol. The third kappa shape index (κ3) is 7.86. The number of carbonyl (C=O) groups excluding carboxylic acids is 1. The average Bonchev–Trinajstić information content (AvgIpc) is 3.34. The van der Waals surface area contributed by atoms with Crippen molar-refractivity contribution in [2.45, 2.75) is 37.4 Å². The number of piperidine rings is 1. The molecule has 3 heterocycles. The Kier molecular flexibility index (Phi) is 11.1. The van der Waals surface area contributed by atoms with Crippen LogP contribution < -0.4 is 4.74 Å². The number of methoxy groups -OCH3 is 1. The third-order valence-electron chi connectivity index (χ3n) is 7.99. The van der Waals surface area contributed by atoms with Crippen molar-refractivity contribution in [2.24, 2.45) is 0 Å². The highest BCUT2D eigenvalue weighted by atomic mass is 35.5. The number of amides is 1. The van der Waals surface area contributed by atoms with Crippen molar-refractivity contribution in [3.8, 4) is 5.75 Å². The van der Waals surface area contributed by atoms with Gasteiger partial charge in [-0.1, -0.05) is 18.2 Å². The summed E-state index contributed by atoms with van der Waals surface area (Å²) in [6, 6.07) is 10.6. The number of halogens is 7. The molecule has 232 valence electrons. The zero-order valence-corrected chi connectivity index (χ0v) is 24.8. The molecule has 5 rings (SSSR count). The van der Waals surface area contributed by atoms with E-state index in [1.807, 2.05) is 35.4 Å². The number of piperazine rings is 1. The van der Waals surface area contributed by atoms with Gasteiger partial charge in [0, 0.05) is 87.4 Å². The Labute approximate surface area is 254 Å². The first-order valence-corrected chi connectivity index (χ1v) is 13.5. The molecule has 6 nitrogen and oxygen atoms in total. The van der Waals surface area contributed by atoms with Crippen LogP contribution in [-0.2, 0) is 12.6 Å². The zero-order chi connectivity index (χ0) is 28.5. The minimum atomic E-state index is -4.62. The number of likely N-dealkylation sites (tertiary alicyclic amines) is 1. The molecule has 1 amide bonds. The van der Waals surface area contributed by atoms with Gasteiger partial charge in [0.1, 0.15) is 5.75 Å². The van der Waals surface area contributed by atoms with E-state index < -0.39 is 23.6 Å². The van der Waals surface area contributed by atoms with Crippen LogP contribution in [0, 0.1) is 0 Å². The molecule has 13 heteroatoms. The summed E-state index contributed by atoms with van der Waals surface area (Å²) >= 11 is 0. The third-order valence-corrected chi connectivity index (χ3v) is 7.99. The highest BCUT2D eigenvalue weighted by Crippen LogP contribution is 2.34. The lowest BCUT2D eigenvalue weighted by Gasteiger charge is -2.42. The van der Waals surface area contributed by atoms with E-state index in [9.17, 15) is 26.7 Å². The number of aromatic amines is 1. The second-order valence-electron chi connectivity index (χ2n) is 10.7. The maximum atomic E-state index is 13.7. The van der Waals surface area contributed by atoms with Gasteiger partial charge >= 0.3 is 6.18 Å². The maximum absolute atomic E-state index is 13.7. The fraction of sp³-hybridized carbons (Fsp3) is 0.483. The van der Waals surface area contributed by atoms with Crippen LogP contribution in [0.3, 0.4) is 0 Å². The highest BCUT2D eigenvalue weighted by molar-refractivity contribution is 5.95. The minimum absolute atomic E-state index is 0. The first-order chi connectivity index (χ1) is 19.0. The van der Waals surface area contributed by atoms with Gasteiger partial charge in [-0.2, -0.15) is 13.2 Å². The minimum Gasteiger partial charge on any atom is -0.497 e. The maximum Gasteiger partial charge on any atom is 0.416 e. The second kappa shape index (κ2) is 13.8. The van der Waals surface area contributed by atoms with Crippen molar-refractivity contribution in [1.82, 2.24) is 19.7 Å². The molecule has 0 aliphatic carbocycles. The Bertz CT molecular complexity index is 1340. The number of ether oxygens (including phenoxy) is 1. The number of nitrogens with zero attached hydrogens (tertiary/aromatic N) is 3. The Morgan fingerprint density at radius 2 is 1.69 bits per heavy atom. The van der Waals surface area contributed by atoms with Gasteiger partial charge in [-0.15, -0.1) is 24.8 Å². The molecule has 2 saturated heterocycles. The number of fused-ring (bicyclic) bond motifs is 1. The molecule has 2 aliphatic heterocycles. The lowest BCUT2D eigenvalue weighted by atomic mass is 9.99. The molecular weight excluding hydrogens is 602 g/mol. The number of carbonyl (C=O) groups is 1. The molecular formula is C29H35Cl2F5N4O2. The van der Waals surface area contributed by atoms with Crippen LogP contribution in [0.25, 0.3) is 10.9 Å². The number of H-pyrrole nitrogens is 1. The molecule has 1 atom stereocenters. The summed E-state index contributed by atoms with van der Waals surface area (Å²) in [6.45, 7) is 3.40. The van der Waals surface area contributed by atoms with E-state index in [1.54, 1.807) is 4.90 Å². The number of aromatic nitrogens is 1. The molecule has 0 bridgehead atoms. The van der Waals surface area contributed by atoms with Crippen LogP contribution in [0.4, 0.5) is 22.0 Å². The van der Waals surface area contributed by atoms with Crippen LogP contribution in [-0.4, -0.2) is 90.5 Å². The van der Waals surface area contributed by atoms with E-state index in [1.165, 1.54) is 13.2 Å². The van der Waals surface area contributed by atoms with Crippen LogP contribution in [0.5, 0.6) is 5.75 Å². The first kappa shape index (κ1) is 33.9. The average molecular weight is 638 g/mol. The standard InChI is InChI=1S/C29H33F5N4O2.2ClH/c1-40-24-16-20(14-22(17-24)29(32,33)34)27(39)38-13-12-37(11-10-36-8-6-28(30,31)7-9-36)19-23(38)15-21-18-35-26-5-3-2-4-25(21)26;;/h2-5,14,16-18,23,35H,6-13,15,19H2,1H3;2*1H/t23-;;/m1../s1. The summed E-state index contributed by atoms with van der Waals surface area (Å²) in [5.41, 5.74) is 0.972. The van der Waals surface area contributed by atoms with Gasteiger partial charge in [0.2, 0.25) is 0 Å². The number of rotatable bonds is 7. The highest BCUT2D eigenvalue weighted by Gasteiger charge is 2.36. The van der Waals surface area contributed by atoms with Crippen molar-refractivity contribution in [3.05, 3.63) is 65.4 Å². The second-order valence-corrected chi connectivity index (χ2v) is 10.7. The van der Waals surface area contributed by atoms with Gasteiger partial charge in [0.05, 0.1) is 12.7 Å². The summed E-state index contributed by atoms with van der Waals surface area (Å²) in [7, 11) is 1.27. The van der Waals surface area contributed by atoms with Crippen LogP contribution >= 0.6 is 24.8 Å². The number of benzene rings is 2. The predicted octanol–water partition coefficient (Wildman–Crippen LogP) is 6.14. The summed E-state index contributed by atoms with van der Waals surface area (Å²) in [5, 5.41) is 1.03. The SMILES string of the molecule is COc1cc(C(=O)N2CCN(CCN3CCC(F)(F)CC3)C[C@H]2Cc2c[nH]c3ccccc23)cc(C(F)(F)F)c1.Cl.Cl. The van der Waals surface area contributed by atoms with Crippen LogP contribution in [0.15, 0.2) is 48.7 Å². The molecule has 2 aromatic carbocycles. The first-order valence-electron chi connectivity index (χ1n) is 13.5. The summed E-state index contributed by atoms with van der Waals surface area (Å²) in [4.78, 5) is 22.9. The van der Waals surface area contributed by atoms with Crippen molar-refractivity contribution >= 4 is 41.6 Å². The van der Waals surface area contributed by atoms with Crippen molar-refractivity contribution in [2.75, 3.05) is 52.9 Å². The largest absolute Gasteiger partial charge is 0.497 e. The lowest BCUT2D eigenvalue weighted by Crippen LogP contribution is -2.57. The van der Waals surface area contributed by atoms with Gasteiger partial charge < -0.3 is 19.5 Å². The van der Waals surface area contributed by atoms with Gasteiger partial charge in [-0.05, 0) is 36.2 Å². The lowest BCUT2D eigenvalue weighted by molar-refractivity contribution is -0.137. The number of para-hydroxylation sites is 1. The molecule has 0 saturated carbocycles. The van der Waals surface area contributed by atoms with Gasteiger partial charge in [-0.3, -0.25) is 9.69 Å². The molecule has 3 aromatic rings. The molecule has 2 aliphatic rings. The molecule has 0 radical (unpaired) electrons. The van der Waals surface area contributed by atoms with Gasteiger partial charge in [-0.25, -0.2) is 8.78 Å². The number of hydrogen-bond donors (Lipinski definition) is 1. The Morgan fingerprint density at radius 1 is 1.00 bits per heavy atom. The van der Waals surface area contributed by atoms with E-state index in [4.69, 9.17) is 4.74 Å². The Morgan fingerprint density at radius 3 is 2.38 bits per heavy atom. The topological polar surface area (TPSA) is 51.8 Å². The van der Waals surface area contributed by atoms with Crippen molar-refractivity contribution in [3.63, 3.8) is 0 Å². The smallest absolute Gasteiger partial charge is 0.416 e. The normalized spacial score (nSPS) is 19.7. The summed E-state index contributed by atoms with van der Waals surface area (Å²) in [5.74, 6) is -3.11. The fourth-order valence-corrected chi connectivity index (χ4v) is 5.68. The van der Waals surface area contributed by atoms with E-state index in [-0.39, 0.29) is 55.0 Å². The van der Waals surface area contributed by atoms with E-state index >= 15 is 0 Å². The quantitative estimate of drug-likeness (QED) is 0.317. The van der Waals surface area contributed by atoms with Crippen molar-refractivity contribution in [1.29, 1.82) is 0 Å². The summed E-state index contributed by atoms with van der Waals surface area (Å²) < 4.78 is 72.9. The number of hydrogen-bond acceptors (Lipinski definition) is 4. The summed E-state index contributed by atoms with van der Waals surface area (Å²) in [6.07, 6.45) is -2.48. The monoisotopic (exact) mass is 636 g/mol. The molecule has 0 spiro atoms. The van der Waals surface area contributed by atoms with Crippen molar-refractivity contribution < 1.29 is 31.5 Å². The van der Waals surface area contributed by atoms with Gasteiger partial charge in [0.25, 0.3) is 11.8 Å². The molecule has 42 heavy (non-hydrogen) atoms. The van der Waals surface area contributed by atoms with E-state index in [0.717, 1.165) is 28.6 Å². The van der Waals surface area contributed by atoms with Crippen LogP contribution in [0.1, 0.15) is 34.3 Å². The van der Waals surface area contributed by atoms with E-state index in [2.05, 4.69) is 9.88 Å². The van der Waals surface area contributed by atoms with Crippen LogP contribution in [0.2, 0.25) is 0 Å². The zero-order valence-electron chi connectivity index (χ0n) is 23.1. The molecule has 1 aromatic heterocycles.